The maximum Gasteiger partial charge on any atom is 0.238 e. The monoisotopic (exact) mass is 299 g/mol. The molecule has 0 saturated carbocycles. The van der Waals surface area contributed by atoms with Gasteiger partial charge in [0.1, 0.15) is 5.75 Å². The molecule has 0 atom stereocenters. The van der Waals surface area contributed by atoms with E-state index in [-0.39, 0.29) is 4.90 Å². The number of ether oxygens (including phenoxy) is 1. The fourth-order valence-corrected chi connectivity index (χ4v) is 2.96. The second-order valence-corrected chi connectivity index (χ2v) is 6.65. The fraction of sp³-hybridized carbons (Fsp3) is 0.600. The predicted molar refractivity (Wildman–Crippen MR) is 81.5 cm³/mol. The van der Waals surface area contributed by atoms with Gasteiger partial charge in [-0.25, -0.2) is 13.6 Å². The molecule has 0 heterocycles. The second-order valence-electron chi connectivity index (χ2n) is 5.12. The Morgan fingerprint density at radius 2 is 1.70 bits per heavy atom. The van der Waals surface area contributed by atoms with Crippen molar-refractivity contribution in [1.29, 1.82) is 0 Å². The van der Waals surface area contributed by atoms with Crippen molar-refractivity contribution in [3.8, 4) is 5.75 Å². The van der Waals surface area contributed by atoms with E-state index in [1.165, 1.54) is 31.7 Å². The van der Waals surface area contributed by atoms with Gasteiger partial charge in [-0.1, -0.05) is 32.6 Å². The van der Waals surface area contributed by atoms with Crippen LogP contribution in [-0.4, -0.2) is 15.0 Å². The van der Waals surface area contributed by atoms with Gasteiger partial charge < -0.3 is 4.74 Å². The Hall–Kier alpha value is -1.07. The Kier molecular flexibility index (Phi) is 6.49. The van der Waals surface area contributed by atoms with Gasteiger partial charge in [0.05, 0.1) is 11.5 Å². The number of sulfonamides is 1. The molecule has 0 aliphatic rings. The second kappa shape index (κ2) is 7.64. The van der Waals surface area contributed by atoms with Crippen LogP contribution in [-0.2, 0) is 10.0 Å². The molecule has 0 radical (unpaired) electrons. The van der Waals surface area contributed by atoms with E-state index in [1.807, 2.05) is 6.92 Å². The van der Waals surface area contributed by atoms with Crippen LogP contribution in [0.5, 0.6) is 5.75 Å². The predicted octanol–water partition coefficient (Wildman–Crippen LogP) is 3.30. The smallest absolute Gasteiger partial charge is 0.238 e. The van der Waals surface area contributed by atoms with Crippen molar-refractivity contribution in [1.82, 2.24) is 0 Å². The van der Waals surface area contributed by atoms with E-state index < -0.39 is 10.0 Å². The standard InChI is InChI=1S/C15H25NO3S/c1-4-5-6-7-8-11-19-14-9-10-15(20(16,17)18)13(3)12(14)2/h9-10H,4-8,11H2,1-3H3,(H2,16,17,18). The number of benzene rings is 1. The number of hydrogen-bond donors (Lipinski definition) is 1. The van der Waals surface area contributed by atoms with Gasteiger partial charge in [-0.15, -0.1) is 0 Å². The highest BCUT2D eigenvalue weighted by atomic mass is 32.2. The summed E-state index contributed by atoms with van der Waals surface area (Å²) in [4.78, 5) is 0.172. The summed E-state index contributed by atoms with van der Waals surface area (Å²) in [7, 11) is -3.66. The lowest BCUT2D eigenvalue weighted by Gasteiger charge is -2.13. The summed E-state index contributed by atoms with van der Waals surface area (Å²) < 4.78 is 28.6. The molecule has 0 spiro atoms. The molecule has 0 saturated heterocycles. The molecule has 0 aliphatic heterocycles. The van der Waals surface area contributed by atoms with Gasteiger partial charge >= 0.3 is 0 Å². The number of rotatable bonds is 8. The summed E-state index contributed by atoms with van der Waals surface area (Å²) in [6, 6.07) is 3.21. The Morgan fingerprint density at radius 3 is 2.30 bits per heavy atom. The SMILES string of the molecule is CCCCCCCOc1ccc(S(N)(=O)=O)c(C)c1C. The molecule has 1 aromatic carbocycles. The molecule has 0 aliphatic carbocycles. The highest BCUT2D eigenvalue weighted by Crippen LogP contribution is 2.26. The topological polar surface area (TPSA) is 69.4 Å². The van der Waals surface area contributed by atoms with E-state index in [1.54, 1.807) is 13.0 Å². The largest absolute Gasteiger partial charge is 0.493 e. The minimum absolute atomic E-state index is 0.172. The molecular formula is C15H25NO3S. The average Bonchev–Trinajstić information content (AvgIpc) is 2.37. The maximum absolute atomic E-state index is 11.4. The Labute approximate surface area is 122 Å². The van der Waals surface area contributed by atoms with Crippen LogP contribution in [0.25, 0.3) is 0 Å². The van der Waals surface area contributed by atoms with Crippen LogP contribution in [0, 0.1) is 13.8 Å². The first kappa shape index (κ1) is 17.0. The lowest BCUT2D eigenvalue weighted by atomic mass is 10.1. The van der Waals surface area contributed by atoms with E-state index in [9.17, 15) is 8.42 Å². The zero-order valence-corrected chi connectivity index (χ0v) is 13.4. The number of primary sulfonamides is 1. The summed E-state index contributed by atoms with van der Waals surface area (Å²) in [5.74, 6) is 0.741. The van der Waals surface area contributed by atoms with Crippen molar-refractivity contribution in [3.63, 3.8) is 0 Å². The molecule has 114 valence electrons. The summed E-state index contributed by atoms with van der Waals surface area (Å²) in [5, 5.41) is 5.18. The molecule has 2 N–H and O–H groups in total. The van der Waals surface area contributed by atoms with Crippen LogP contribution in [0.4, 0.5) is 0 Å². The number of nitrogens with two attached hydrogens (primary N) is 1. The summed E-state index contributed by atoms with van der Waals surface area (Å²) in [6.45, 7) is 6.47. The lowest BCUT2D eigenvalue weighted by molar-refractivity contribution is 0.302. The van der Waals surface area contributed by atoms with Gasteiger partial charge in [-0.2, -0.15) is 0 Å². The third-order valence-corrected chi connectivity index (χ3v) is 4.56. The van der Waals surface area contributed by atoms with E-state index in [4.69, 9.17) is 9.88 Å². The van der Waals surface area contributed by atoms with Gasteiger partial charge in [-0.3, -0.25) is 0 Å². The summed E-state index contributed by atoms with van der Waals surface area (Å²) in [6.07, 6.45) is 5.92. The van der Waals surface area contributed by atoms with Crippen LogP contribution < -0.4 is 9.88 Å². The van der Waals surface area contributed by atoms with Gasteiger partial charge in [0.2, 0.25) is 10.0 Å². The van der Waals surface area contributed by atoms with Crippen LogP contribution in [0.3, 0.4) is 0 Å². The first-order valence-corrected chi connectivity index (χ1v) is 8.68. The molecule has 0 unspecified atom stereocenters. The van der Waals surface area contributed by atoms with E-state index in [0.29, 0.717) is 12.2 Å². The van der Waals surface area contributed by atoms with Gasteiger partial charge in [0.25, 0.3) is 0 Å². The van der Waals surface area contributed by atoms with Crippen molar-refractivity contribution in [2.45, 2.75) is 57.8 Å². The number of hydrogen-bond acceptors (Lipinski definition) is 3. The molecule has 0 bridgehead atoms. The molecule has 20 heavy (non-hydrogen) atoms. The third kappa shape index (κ3) is 4.80. The molecule has 0 amide bonds. The van der Waals surface area contributed by atoms with Crippen molar-refractivity contribution in [2.24, 2.45) is 5.14 Å². The molecule has 1 aromatic rings. The molecule has 0 aromatic heterocycles. The summed E-state index contributed by atoms with van der Waals surface area (Å²) >= 11 is 0. The third-order valence-electron chi connectivity index (χ3n) is 3.50. The van der Waals surface area contributed by atoms with Crippen LogP contribution in [0.1, 0.15) is 50.2 Å². The van der Waals surface area contributed by atoms with Crippen molar-refractivity contribution in [2.75, 3.05) is 6.61 Å². The normalized spacial score (nSPS) is 11.6. The van der Waals surface area contributed by atoms with Crippen LogP contribution >= 0.6 is 0 Å². The first-order valence-electron chi connectivity index (χ1n) is 7.13. The zero-order chi connectivity index (χ0) is 15.2. The molecule has 5 heteroatoms. The lowest BCUT2D eigenvalue weighted by Crippen LogP contribution is -2.14. The Balaban J connectivity index is 2.63. The van der Waals surface area contributed by atoms with Gasteiger partial charge in [0.15, 0.2) is 0 Å². The van der Waals surface area contributed by atoms with Crippen LogP contribution in [0.2, 0.25) is 0 Å². The maximum atomic E-state index is 11.4. The van der Waals surface area contributed by atoms with Gasteiger partial charge in [-0.05, 0) is 43.5 Å². The average molecular weight is 299 g/mol. The first-order chi connectivity index (χ1) is 9.38. The molecule has 0 fully saturated rings. The van der Waals surface area contributed by atoms with Crippen molar-refractivity contribution < 1.29 is 13.2 Å². The molecule has 4 nitrogen and oxygen atoms in total. The highest BCUT2D eigenvalue weighted by Gasteiger charge is 2.15. The van der Waals surface area contributed by atoms with Gasteiger partial charge in [0, 0.05) is 0 Å². The molecular weight excluding hydrogens is 274 g/mol. The quantitative estimate of drug-likeness (QED) is 0.749. The highest BCUT2D eigenvalue weighted by molar-refractivity contribution is 7.89. The van der Waals surface area contributed by atoms with E-state index in [0.717, 1.165) is 17.7 Å². The Morgan fingerprint density at radius 1 is 1.05 bits per heavy atom. The fourth-order valence-electron chi connectivity index (χ4n) is 2.12. The van der Waals surface area contributed by atoms with Crippen molar-refractivity contribution >= 4 is 10.0 Å². The minimum Gasteiger partial charge on any atom is -0.493 e. The minimum atomic E-state index is -3.66. The van der Waals surface area contributed by atoms with Crippen LogP contribution in [0.15, 0.2) is 17.0 Å². The zero-order valence-electron chi connectivity index (χ0n) is 12.6. The number of unbranched alkanes of at least 4 members (excludes halogenated alkanes) is 4. The Bertz CT molecular complexity index is 538. The molecule has 1 rings (SSSR count). The van der Waals surface area contributed by atoms with E-state index >= 15 is 0 Å². The van der Waals surface area contributed by atoms with Crippen molar-refractivity contribution in [3.05, 3.63) is 23.3 Å². The summed E-state index contributed by atoms with van der Waals surface area (Å²) in [5.41, 5.74) is 1.50. The van der Waals surface area contributed by atoms with E-state index in [2.05, 4.69) is 6.92 Å².